The Balaban J connectivity index is 2.35. The Kier molecular flexibility index (Phi) is 3.64. The van der Waals surface area contributed by atoms with E-state index in [4.69, 9.17) is 4.98 Å². The van der Waals surface area contributed by atoms with E-state index in [0.29, 0.717) is 16.6 Å². The Morgan fingerprint density at radius 3 is 2.26 bits per heavy atom. The number of nitrogens with zero attached hydrogens (tertiary/aromatic N) is 1. The van der Waals surface area contributed by atoms with Crippen LogP contribution in [0, 0.1) is 27.7 Å². The number of aromatic nitrogens is 1. The number of carbonyl (C=O) groups is 1. The van der Waals surface area contributed by atoms with Crippen LogP contribution >= 0.6 is 0 Å². The lowest BCUT2D eigenvalue weighted by molar-refractivity contribution is 0.0699. The summed E-state index contributed by atoms with van der Waals surface area (Å²) in [6.45, 7) is 8.11. The van der Waals surface area contributed by atoms with E-state index in [1.165, 1.54) is 11.1 Å². The van der Waals surface area contributed by atoms with Crippen molar-refractivity contribution in [3.63, 3.8) is 0 Å². The zero-order chi connectivity index (χ0) is 16.7. The molecule has 1 aromatic heterocycles. The summed E-state index contributed by atoms with van der Waals surface area (Å²) in [5, 5.41) is 10.3. The molecule has 0 saturated carbocycles. The summed E-state index contributed by atoms with van der Waals surface area (Å²) in [5.41, 5.74) is 7.21. The molecule has 1 heterocycles. The van der Waals surface area contributed by atoms with E-state index in [0.717, 1.165) is 22.2 Å². The van der Waals surface area contributed by atoms with E-state index in [2.05, 4.69) is 13.0 Å². The number of rotatable bonds is 2. The Hall–Kier alpha value is -2.68. The summed E-state index contributed by atoms with van der Waals surface area (Å²) in [6, 6.07) is 11.6. The van der Waals surface area contributed by atoms with Gasteiger partial charge < -0.3 is 5.11 Å². The second-order valence-electron chi connectivity index (χ2n) is 6.06. The fourth-order valence-electron chi connectivity index (χ4n) is 2.76. The van der Waals surface area contributed by atoms with Gasteiger partial charge in [0.05, 0.1) is 16.8 Å². The maximum atomic E-state index is 11.7. The molecule has 0 radical (unpaired) electrons. The third-order valence-electron chi connectivity index (χ3n) is 4.54. The lowest BCUT2D eigenvalue weighted by Crippen LogP contribution is -2.02. The minimum Gasteiger partial charge on any atom is -0.478 e. The molecule has 3 rings (SSSR count). The smallest absolute Gasteiger partial charge is 0.336 e. The van der Waals surface area contributed by atoms with Gasteiger partial charge in [-0.1, -0.05) is 24.3 Å². The van der Waals surface area contributed by atoms with Crippen molar-refractivity contribution >= 4 is 16.9 Å². The Bertz CT molecular complexity index is 942. The van der Waals surface area contributed by atoms with E-state index < -0.39 is 5.97 Å². The van der Waals surface area contributed by atoms with Crippen molar-refractivity contribution in [3.05, 3.63) is 64.2 Å². The highest BCUT2D eigenvalue weighted by Gasteiger charge is 2.15. The van der Waals surface area contributed by atoms with E-state index in [-0.39, 0.29) is 0 Å². The van der Waals surface area contributed by atoms with E-state index in [9.17, 15) is 9.90 Å². The monoisotopic (exact) mass is 305 g/mol. The van der Waals surface area contributed by atoms with Gasteiger partial charge in [-0.3, -0.25) is 0 Å². The molecule has 0 amide bonds. The van der Waals surface area contributed by atoms with Gasteiger partial charge >= 0.3 is 5.97 Å². The van der Waals surface area contributed by atoms with Crippen LogP contribution < -0.4 is 0 Å². The predicted molar refractivity (Wildman–Crippen MR) is 93.1 cm³/mol. The van der Waals surface area contributed by atoms with Crippen LogP contribution in [0.1, 0.15) is 32.6 Å². The summed E-state index contributed by atoms with van der Waals surface area (Å²) >= 11 is 0. The molecule has 2 aromatic carbocycles. The molecule has 0 saturated heterocycles. The van der Waals surface area contributed by atoms with Crippen LogP contribution in [0.5, 0.6) is 0 Å². The van der Waals surface area contributed by atoms with Gasteiger partial charge in [0.1, 0.15) is 0 Å². The molecule has 0 unspecified atom stereocenters. The molecular formula is C20H19NO2. The third-order valence-corrected chi connectivity index (χ3v) is 4.54. The Morgan fingerprint density at radius 1 is 0.913 bits per heavy atom. The van der Waals surface area contributed by atoms with Gasteiger partial charge in [0.15, 0.2) is 0 Å². The van der Waals surface area contributed by atoms with Crippen molar-refractivity contribution in [1.29, 1.82) is 0 Å². The molecule has 1 N–H and O–H groups in total. The van der Waals surface area contributed by atoms with Crippen LogP contribution in [0.2, 0.25) is 0 Å². The fraction of sp³-hybridized carbons (Fsp3) is 0.200. The number of benzene rings is 2. The zero-order valence-corrected chi connectivity index (χ0v) is 13.8. The molecule has 23 heavy (non-hydrogen) atoms. The minimum atomic E-state index is -0.925. The molecule has 3 heteroatoms. The highest BCUT2D eigenvalue weighted by molar-refractivity contribution is 6.04. The number of hydrogen-bond donors (Lipinski definition) is 1. The van der Waals surface area contributed by atoms with Gasteiger partial charge in [0.25, 0.3) is 0 Å². The first-order valence-corrected chi connectivity index (χ1v) is 7.60. The first-order chi connectivity index (χ1) is 10.9. The average molecular weight is 305 g/mol. The van der Waals surface area contributed by atoms with Crippen LogP contribution in [0.4, 0.5) is 0 Å². The molecule has 116 valence electrons. The summed E-state index contributed by atoms with van der Waals surface area (Å²) in [5.74, 6) is -0.925. The van der Waals surface area contributed by atoms with Crippen LogP contribution in [-0.4, -0.2) is 16.1 Å². The van der Waals surface area contributed by atoms with Crippen LogP contribution in [0.25, 0.3) is 22.2 Å². The molecule has 0 bridgehead atoms. The Morgan fingerprint density at radius 2 is 1.61 bits per heavy atom. The van der Waals surface area contributed by atoms with Crippen LogP contribution in [-0.2, 0) is 0 Å². The van der Waals surface area contributed by atoms with Crippen molar-refractivity contribution in [2.75, 3.05) is 0 Å². The van der Waals surface area contributed by atoms with Gasteiger partial charge in [0, 0.05) is 10.9 Å². The van der Waals surface area contributed by atoms with Crippen molar-refractivity contribution in [3.8, 4) is 11.3 Å². The SMILES string of the molecule is Cc1ccc(-c2cc(C(=O)O)c3ccc(C)c(C)c3n2)cc1C. The van der Waals surface area contributed by atoms with Crippen LogP contribution in [0.15, 0.2) is 36.4 Å². The summed E-state index contributed by atoms with van der Waals surface area (Å²) in [4.78, 5) is 16.4. The van der Waals surface area contributed by atoms with E-state index >= 15 is 0 Å². The quantitative estimate of drug-likeness (QED) is 0.737. The van der Waals surface area contributed by atoms with Crippen molar-refractivity contribution in [1.82, 2.24) is 4.98 Å². The third kappa shape index (κ3) is 2.59. The largest absolute Gasteiger partial charge is 0.478 e. The Labute approximate surface area is 135 Å². The maximum absolute atomic E-state index is 11.7. The second kappa shape index (κ2) is 5.51. The molecule has 3 aromatic rings. The lowest BCUT2D eigenvalue weighted by Gasteiger charge is -2.11. The second-order valence-corrected chi connectivity index (χ2v) is 6.06. The molecule has 0 aliphatic heterocycles. The summed E-state index contributed by atoms with van der Waals surface area (Å²) in [6.07, 6.45) is 0. The molecular weight excluding hydrogens is 286 g/mol. The summed E-state index contributed by atoms with van der Waals surface area (Å²) < 4.78 is 0. The molecule has 0 atom stereocenters. The van der Waals surface area contributed by atoms with Gasteiger partial charge in [-0.25, -0.2) is 9.78 Å². The normalized spacial score (nSPS) is 11.0. The first kappa shape index (κ1) is 15.2. The predicted octanol–water partition coefficient (Wildman–Crippen LogP) is 4.83. The maximum Gasteiger partial charge on any atom is 0.336 e. The lowest BCUT2D eigenvalue weighted by atomic mass is 9.98. The molecule has 0 fully saturated rings. The highest BCUT2D eigenvalue weighted by atomic mass is 16.4. The topological polar surface area (TPSA) is 50.2 Å². The van der Waals surface area contributed by atoms with E-state index in [1.807, 2.05) is 45.0 Å². The number of pyridine rings is 1. The van der Waals surface area contributed by atoms with Gasteiger partial charge in [-0.05, 0) is 62.1 Å². The number of aryl methyl sites for hydroxylation is 4. The summed E-state index contributed by atoms with van der Waals surface area (Å²) in [7, 11) is 0. The van der Waals surface area contributed by atoms with Gasteiger partial charge in [0.2, 0.25) is 0 Å². The number of carboxylic acids is 1. The van der Waals surface area contributed by atoms with Gasteiger partial charge in [-0.15, -0.1) is 0 Å². The molecule has 3 nitrogen and oxygen atoms in total. The molecule has 0 aliphatic rings. The van der Waals surface area contributed by atoms with Gasteiger partial charge in [-0.2, -0.15) is 0 Å². The standard InChI is InChI=1S/C20H19NO2/c1-11-5-7-15(9-13(11)3)18-10-17(20(22)23)16-8-6-12(2)14(4)19(16)21-18/h5-10H,1-4H3,(H,22,23). The molecule has 0 spiro atoms. The van der Waals surface area contributed by atoms with Crippen molar-refractivity contribution < 1.29 is 9.90 Å². The van der Waals surface area contributed by atoms with Crippen molar-refractivity contribution in [2.24, 2.45) is 0 Å². The first-order valence-electron chi connectivity index (χ1n) is 7.60. The average Bonchev–Trinajstić information content (AvgIpc) is 2.52. The zero-order valence-electron chi connectivity index (χ0n) is 13.8. The molecule has 0 aliphatic carbocycles. The fourth-order valence-corrected chi connectivity index (χ4v) is 2.76. The number of fused-ring (bicyclic) bond motifs is 1. The van der Waals surface area contributed by atoms with E-state index in [1.54, 1.807) is 6.07 Å². The highest BCUT2D eigenvalue weighted by Crippen LogP contribution is 2.29. The van der Waals surface area contributed by atoms with Crippen molar-refractivity contribution in [2.45, 2.75) is 27.7 Å². The van der Waals surface area contributed by atoms with Crippen LogP contribution in [0.3, 0.4) is 0 Å². The number of aromatic carboxylic acids is 1. The minimum absolute atomic E-state index is 0.298. The number of hydrogen-bond acceptors (Lipinski definition) is 2. The number of carboxylic acid groups (broad SMARTS) is 1.